The molecule has 4 aromatic carbocycles. The zero-order chi connectivity index (χ0) is 27.9. The van der Waals surface area contributed by atoms with Crippen molar-refractivity contribution in [2.45, 2.75) is 13.5 Å². The predicted molar refractivity (Wildman–Crippen MR) is 155 cm³/mol. The molecule has 8 heteroatoms. The molecule has 1 heterocycles. The van der Waals surface area contributed by atoms with Crippen LogP contribution in [0, 0.1) is 17.0 Å². The van der Waals surface area contributed by atoms with Gasteiger partial charge in [0.05, 0.1) is 16.8 Å². The van der Waals surface area contributed by atoms with Gasteiger partial charge in [-0.3, -0.25) is 14.9 Å². The SMILES string of the molecule is Cc1ccc(-c2ccccc2)n1-c1ccc(C(=O)N/N=C/c2ccc(OCc3cccc([N+](=O)[O-])c3)cc2)cc1. The fourth-order valence-corrected chi connectivity index (χ4v) is 4.28. The van der Waals surface area contributed by atoms with E-state index in [2.05, 4.69) is 46.3 Å². The predicted octanol–water partition coefficient (Wildman–Crippen LogP) is 6.70. The number of hydrogen-bond donors (Lipinski definition) is 1. The van der Waals surface area contributed by atoms with Crippen molar-refractivity contribution in [1.29, 1.82) is 0 Å². The number of hydrazone groups is 1. The van der Waals surface area contributed by atoms with Crippen molar-refractivity contribution in [3.8, 4) is 22.7 Å². The Bertz CT molecular complexity index is 1660. The molecule has 0 saturated carbocycles. The number of carbonyl (C=O) groups is 1. The summed E-state index contributed by atoms with van der Waals surface area (Å²) in [6, 6.07) is 35.2. The molecule has 5 rings (SSSR count). The van der Waals surface area contributed by atoms with Crippen LogP contribution in [0.5, 0.6) is 5.75 Å². The van der Waals surface area contributed by atoms with Gasteiger partial charge in [0.25, 0.3) is 11.6 Å². The van der Waals surface area contributed by atoms with Gasteiger partial charge in [0.1, 0.15) is 12.4 Å². The smallest absolute Gasteiger partial charge is 0.271 e. The molecule has 0 bridgehead atoms. The Labute approximate surface area is 231 Å². The van der Waals surface area contributed by atoms with Gasteiger partial charge in [0.2, 0.25) is 0 Å². The van der Waals surface area contributed by atoms with Gasteiger partial charge in [-0.2, -0.15) is 5.10 Å². The molecular weight excluding hydrogens is 504 g/mol. The van der Waals surface area contributed by atoms with Crippen LogP contribution in [0.1, 0.15) is 27.2 Å². The van der Waals surface area contributed by atoms with Gasteiger partial charge < -0.3 is 9.30 Å². The minimum Gasteiger partial charge on any atom is -0.489 e. The van der Waals surface area contributed by atoms with E-state index in [-0.39, 0.29) is 18.2 Å². The van der Waals surface area contributed by atoms with Crippen molar-refractivity contribution in [2.75, 3.05) is 0 Å². The molecule has 0 radical (unpaired) electrons. The molecule has 0 saturated heterocycles. The summed E-state index contributed by atoms with van der Waals surface area (Å²) in [5.74, 6) is 0.299. The summed E-state index contributed by atoms with van der Waals surface area (Å²) in [5.41, 5.74) is 8.83. The topological polar surface area (TPSA) is 98.8 Å². The lowest BCUT2D eigenvalue weighted by Gasteiger charge is -2.12. The monoisotopic (exact) mass is 530 g/mol. The number of aromatic nitrogens is 1. The zero-order valence-corrected chi connectivity index (χ0v) is 21.7. The average molecular weight is 531 g/mol. The number of nitrogens with zero attached hydrogens (tertiary/aromatic N) is 3. The number of ether oxygens (including phenoxy) is 1. The maximum absolute atomic E-state index is 12.6. The van der Waals surface area contributed by atoms with Gasteiger partial charge in [-0.05, 0) is 84.3 Å². The number of benzene rings is 4. The zero-order valence-electron chi connectivity index (χ0n) is 21.7. The molecule has 40 heavy (non-hydrogen) atoms. The number of rotatable bonds is 9. The summed E-state index contributed by atoms with van der Waals surface area (Å²) in [5, 5.41) is 15.0. The van der Waals surface area contributed by atoms with E-state index in [1.165, 1.54) is 12.1 Å². The summed E-state index contributed by atoms with van der Waals surface area (Å²) in [6.45, 7) is 2.26. The molecule has 0 aliphatic carbocycles. The molecule has 0 atom stereocenters. The van der Waals surface area contributed by atoms with E-state index in [1.54, 1.807) is 54.7 Å². The fraction of sp³-hybridized carbons (Fsp3) is 0.0625. The lowest BCUT2D eigenvalue weighted by atomic mass is 10.1. The first kappa shape index (κ1) is 26.1. The van der Waals surface area contributed by atoms with Crippen molar-refractivity contribution in [1.82, 2.24) is 9.99 Å². The number of nitro groups is 1. The van der Waals surface area contributed by atoms with E-state index in [0.29, 0.717) is 16.9 Å². The van der Waals surface area contributed by atoms with E-state index in [1.807, 2.05) is 30.3 Å². The van der Waals surface area contributed by atoms with E-state index < -0.39 is 4.92 Å². The van der Waals surface area contributed by atoms with Gasteiger partial charge in [-0.15, -0.1) is 0 Å². The van der Waals surface area contributed by atoms with E-state index >= 15 is 0 Å². The Kier molecular flexibility index (Phi) is 7.78. The van der Waals surface area contributed by atoms with Gasteiger partial charge in [-0.1, -0.05) is 42.5 Å². The van der Waals surface area contributed by atoms with E-state index in [0.717, 1.165) is 28.2 Å². The highest BCUT2D eigenvalue weighted by molar-refractivity contribution is 5.95. The highest BCUT2D eigenvalue weighted by atomic mass is 16.6. The van der Waals surface area contributed by atoms with Crippen LogP contribution in [-0.4, -0.2) is 21.6 Å². The minimum absolute atomic E-state index is 0.0267. The molecule has 0 fully saturated rings. The summed E-state index contributed by atoms with van der Waals surface area (Å²) >= 11 is 0. The number of hydrogen-bond acceptors (Lipinski definition) is 5. The van der Waals surface area contributed by atoms with Crippen molar-refractivity contribution in [3.63, 3.8) is 0 Å². The molecule has 0 spiro atoms. The molecule has 5 aromatic rings. The normalized spacial score (nSPS) is 10.9. The van der Waals surface area contributed by atoms with Crippen molar-refractivity contribution in [2.24, 2.45) is 5.10 Å². The summed E-state index contributed by atoms with van der Waals surface area (Å²) in [4.78, 5) is 23.1. The first-order chi connectivity index (χ1) is 19.5. The Morgan fingerprint density at radius 2 is 1.68 bits per heavy atom. The quantitative estimate of drug-likeness (QED) is 0.130. The Hall–Kier alpha value is -5.50. The lowest BCUT2D eigenvalue weighted by molar-refractivity contribution is -0.384. The Morgan fingerprint density at radius 1 is 0.925 bits per heavy atom. The van der Waals surface area contributed by atoms with Crippen LogP contribution >= 0.6 is 0 Å². The highest BCUT2D eigenvalue weighted by Crippen LogP contribution is 2.26. The fourth-order valence-electron chi connectivity index (χ4n) is 4.28. The van der Waals surface area contributed by atoms with Crippen molar-refractivity contribution < 1.29 is 14.5 Å². The Balaban J connectivity index is 1.17. The van der Waals surface area contributed by atoms with E-state index in [4.69, 9.17) is 4.74 Å². The van der Waals surface area contributed by atoms with Gasteiger partial charge >= 0.3 is 0 Å². The number of nitro benzene ring substituents is 1. The molecule has 198 valence electrons. The second kappa shape index (κ2) is 11.9. The maximum atomic E-state index is 12.6. The first-order valence-electron chi connectivity index (χ1n) is 12.6. The molecule has 0 aliphatic heterocycles. The third-order valence-electron chi connectivity index (χ3n) is 6.32. The molecule has 0 unspecified atom stereocenters. The molecule has 0 aliphatic rings. The van der Waals surface area contributed by atoms with Crippen LogP contribution in [-0.2, 0) is 6.61 Å². The number of carbonyl (C=O) groups excluding carboxylic acids is 1. The largest absolute Gasteiger partial charge is 0.489 e. The second-order valence-electron chi connectivity index (χ2n) is 9.09. The molecular formula is C32H26N4O4. The third-order valence-corrected chi connectivity index (χ3v) is 6.32. The summed E-state index contributed by atoms with van der Waals surface area (Å²) in [6.07, 6.45) is 1.55. The minimum atomic E-state index is -0.433. The molecule has 1 N–H and O–H groups in total. The third kappa shape index (κ3) is 6.14. The molecule has 8 nitrogen and oxygen atoms in total. The number of non-ortho nitro benzene ring substituents is 1. The van der Waals surface area contributed by atoms with Crippen LogP contribution in [0.15, 0.2) is 120 Å². The van der Waals surface area contributed by atoms with Gasteiger partial charge in [0, 0.05) is 29.1 Å². The Morgan fingerprint density at radius 3 is 2.40 bits per heavy atom. The van der Waals surface area contributed by atoms with E-state index in [9.17, 15) is 14.9 Å². The molecule has 1 amide bonds. The summed E-state index contributed by atoms with van der Waals surface area (Å²) < 4.78 is 7.88. The first-order valence-corrected chi connectivity index (χ1v) is 12.6. The second-order valence-corrected chi connectivity index (χ2v) is 9.09. The van der Waals surface area contributed by atoms with Gasteiger partial charge in [-0.25, -0.2) is 5.43 Å². The molecule has 1 aromatic heterocycles. The van der Waals surface area contributed by atoms with Gasteiger partial charge in [0.15, 0.2) is 0 Å². The standard InChI is InChI=1S/C32H26N4O4/c1-23-10-19-31(26-7-3-2-4-8-26)35(23)28-15-13-27(14-16-28)32(37)34-33-21-24-11-17-30(18-12-24)40-22-25-6-5-9-29(20-25)36(38)39/h2-21H,22H2,1H3,(H,34,37)/b33-21+. The average Bonchev–Trinajstić information content (AvgIpc) is 3.38. The van der Waals surface area contributed by atoms with Crippen molar-refractivity contribution >= 4 is 17.8 Å². The van der Waals surface area contributed by atoms with Crippen LogP contribution in [0.3, 0.4) is 0 Å². The van der Waals surface area contributed by atoms with Crippen molar-refractivity contribution in [3.05, 3.63) is 148 Å². The van der Waals surface area contributed by atoms with Crippen LogP contribution in [0.25, 0.3) is 16.9 Å². The highest BCUT2D eigenvalue weighted by Gasteiger charge is 2.11. The summed E-state index contributed by atoms with van der Waals surface area (Å²) in [7, 11) is 0. The maximum Gasteiger partial charge on any atom is 0.271 e. The van der Waals surface area contributed by atoms with Crippen LogP contribution in [0.4, 0.5) is 5.69 Å². The number of amides is 1. The van der Waals surface area contributed by atoms with Crippen LogP contribution < -0.4 is 10.2 Å². The van der Waals surface area contributed by atoms with Crippen LogP contribution in [0.2, 0.25) is 0 Å². The number of aryl methyl sites for hydroxylation is 1. The number of nitrogens with one attached hydrogen (secondary N) is 1. The lowest BCUT2D eigenvalue weighted by Crippen LogP contribution is -2.17.